The largest absolute Gasteiger partial charge is 0.497 e. The summed E-state index contributed by atoms with van der Waals surface area (Å²) in [6.45, 7) is 6.72. The first-order chi connectivity index (χ1) is 20.0. The lowest BCUT2D eigenvalue weighted by Gasteiger charge is -2.59. The highest BCUT2D eigenvalue weighted by Gasteiger charge is 2.61. The van der Waals surface area contributed by atoms with Gasteiger partial charge in [-0.05, 0) is 96.3 Å². The van der Waals surface area contributed by atoms with E-state index in [1.807, 2.05) is 12.1 Å². The van der Waals surface area contributed by atoms with E-state index in [1.54, 1.807) is 14.2 Å². The van der Waals surface area contributed by atoms with Gasteiger partial charge >= 0.3 is 0 Å². The van der Waals surface area contributed by atoms with Crippen LogP contribution < -0.4 is 9.47 Å². The number of methoxy groups -OCH3 is 2. The zero-order chi connectivity index (χ0) is 30.1. The molecule has 8 heteroatoms. The Hall–Kier alpha value is -1.97. The van der Waals surface area contributed by atoms with Crippen molar-refractivity contribution in [3.63, 3.8) is 0 Å². The van der Waals surface area contributed by atoms with Gasteiger partial charge in [0.15, 0.2) is 0 Å². The van der Waals surface area contributed by atoms with E-state index < -0.39 is 37.1 Å². The fourth-order valence-corrected chi connectivity index (χ4v) is 10.0. The third kappa shape index (κ3) is 4.47. The summed E-state index contributed by atoms with van der Waals surface area (Å²) >= 11 is 0. The summed E-state index contributed by atoms with van der Waals surface area (Å²) in [6, 6.07) is 6.09. The highest BCUT2D eigenvalue weighted by molar-refractivity contribution is 5.83. The van der Waals surface area contributed by atoms with Crippen LogP contribution in [0.25, 0.3) is 0 Å². The first kappa shape index (κ1) is 30.1. The number of fused-ring (bicyclic) bond motifs is 4. The van der Waals surface area contributed by atoms with Crippen LogP contribution >= 0.6 is 0 Å². The molecule has 4 fully saturated rings. The fraction of sp³-hybridized carbons (Fsp3) is 0.735. The normalized spacial score (nSPS) is 45.2. The van der Waals surface area contributed by atoms with Gasteiger partial charge in [0.1, 0.15) is 47.8 Å². The van der Waals surface area contributed by atoms with Crippen molar-refractivity contribution in [3.8, 4) is 11.5 Å². The molecule has 5 aliphatic rings. The molecule has 8 nitrogen and oxygen atoms in total. The molecule has 4 aliphatic carbocycles. The molecule has 1 aromatic carbocycles. The molecule has 6 rings (SSSR count). The Morgan fingerprint density at radius 3 is 2.50 bits per heavy atom. The number of rotatable bonds is 5. The quantitative estimate of drug-likeness (QED) is 0.386. The summed E-state index contributed by atoms with van der Waals surface area (Å²) in [5.41, 5.74) is 3.08. The second kappa shape index (κ2) is 10.9. The smallest absolute Gasteiger partial charge is 0.136 e. The van der Waals surface area contributed by atoms with E-state index in [0.717, 1.165) is 48.3 Å². The number of ether oxygens (including phenoxy) is 3. The van der Waals surface area contributed by atoms with Gasteiger partial charge in [0, 0.05) is 18.4 Å². The minimum absolute atomic E-state index is 0.121. The lowest BCUT2D eigenvalue weighted by atomic mass is 9.46. The molecule has 0 spiro atoms. The number of aliphatic hydroxyl groups excluding tert-OH is 4. The van der Waals surface area contributed by atoms with E-state index in [-0.39, 0.29) is 16.6 Å². The minimum atomic E-state index is -1.43. The van der Waals surface area contributed by atoms with Gasteiger partial charge in [-0.15, -0.1) is 0 Å². The van der Waals surface area contributed by atoms with Gasteiger partial charge in [-0.3, -0.25) is 4.79 Å². The van der Waals surface area contributed by atoms with Crippen molar-refractivity contribution >= 4 is 5.78 Å². The molecule has 8 unspecified atom stereocenters. The molecule has 0 radical (unpaired) electrons. The van der Waals surface area contributed by atoms with Crippen LogP contribution in [-0.2, 0) is 9.53 Å². The van der Waals surface area contributed by atoms with Crippen LogP contribution in [-0.4, -0.2) is 77.6 Å². The zero-order valence-corrected chi connectivity index (χ0v) is 25.6. The van der Waals surface area contributed by atoms with E-state index in [1.165, 1.54) is 5.56 Å². The topological polar surface area (TPSA) is 126 Å². The van der Waals surface area contributed by atoms with Crippen molar-refractivity contribution in [1.29, 1.82) is 0 Å². The Morgan fingerprint density at radius 2 is 1.81 bits per heavy atom. The summed E-state index contributed by atoms with van der Waals surface area (Å²) in [6.07, 6.45) is -0.447. The second-order valence-corrected chi connectivity index (χ2v) is 14.3. The Labute approximate surface area is 249 Å². The number of ketones is 1. The fourth-order valence-electron chi connectivity index (χ4n) is 10.0. The maximum absolute atomic E-state index is 12.9. The van der Waals surface area contributed by atoms with Gasteiger partial charge in [-0.25, -0.2) is 0 Å². The second-order valence-electron chi connectivity index (χ2n) is 14.3. The van der Waals surface area contributed by atoms with Crippen LogP contribution in [0.3, 0.4) is 0 Å². The van der Waals surface area contributed by atoms with Crippen LogP contribution in [0.5, 0.6) is 11.5 Å². The highest BCUT2D eigenvalue weighted by atomic mass is 16.5. The summed E-state index contributed by atoms with van der Waals surface area (Å²) < 4.78 is 17.5. The number of aliphatic hydroxyl groups is 4. The Bertz CT molecular complexity index is 1240. The van der Waals surface area contributed by atoms with Crippen molar-refractivity contribution in [2.45, 2.75) is 102 Å². The van der Waals surface area contributed by atoms with Gasteiger partial charge < -0.3 is 34.6 Å². The predicted octanol–water partition coefficient (Wildman–Crippen LogP) is 3.78. The third-order valence-electron chi connectivity index (χ3n) is 12.7. The summed E-state index contributed by atoms with van der Waals surface area (Å²) in [4.78, 5) is 12.9. The van der Waals surface area contributed by atoms with Gasteiger partial charge in [0.05, 0.1) is 20.8 Å². The van der Waals surface area contributed by atoms with Crippen molar-refractivity contribution in [2.24, 2.45) is 34.5 Å². The van der Waals surface area contributed by atoms with Gasteiger partial charge in [-0.1, -0.05) is 26.3 Å². The van der Waals surface area contributed by atoms with Crippen LogP contribution in [0.15, 0.2) is 29.3 Å². The molecule has 12 atom stereocenters. The molecule has 42 heavy (non-hydrogen) atoms. The van der Waals surface area contributed by atoms with E-state index in [9.17, 15) is 25.2 Å². The van der Waals surface area contributed by atoms with Crippen molar-refractivity contribution in [1.82, 2.24) is 0 Å². The molecule has 3 saturated carbocycles. The molecule has 0 bridgehead atoms. The standard InChI is InChI=1S/C34H48O8/c1-17-22(23-14-21(40-4)6-7-27(23)41-5)12-19-10-18-11-24(32-31(39)30(38)29(37)28(16-35)42-32)25-13-20(36)8-9-33(25,2)26(18)15-34(17,19)3/h6-7,14,17-19,22,26,28-32,35,37-39H,8-13,15-16H2,1-5H3/t17?,18?,19?,22?,26?,28-,29-,30+,31+,32?,33?,34?/m1/s1. The van der Waals surface area contributed by atoms with Crippen LogP contribution in [0.2, 0.25) is 0 Å². The van der Waals surface area contributed by atoms with Crippen LogP contribution in [0.4, 0.5) is 0 Å². The molecule has 1 saturated heterocycles. The molecule has 0 aromatic heterocycles. The summed E-state index contributed by atoms with van der Waals surface area (Å²) in [5, 5.41) is 42.1. The number of hydrogen-bond acceptors (Lipinski definition) is 8. The molecular weight excluding hydrogens is 536 g/mol. The average Bonchev–Trinajstić information content (AvgIpc) is 3.24. The molecule has 232 valence electrons. The van der Waals surface area contributed by atoms with E-state index in [0.29, 0.717) is 48.9 Å². The highest BCUT2D eigenvalue weighted by Crippen LogP contribution is 2.69. The molecule has 1 aromatic rings. The zero-order valence-electron chi connectivity index (χ0n) is 25.6. The van der Waals surface area contributed by atoms with Gasteiger partial charge in [0.2, 0.25) is 0 Å². The Morgan fingerprint density at radius 1 is 1.05 bits per heavy atom. The molecule has 1 heterocycles. The van der Waals surface area contributed by atoms with Crippen LogP contribution in [0.1, 0.15) is 77.2 Å². The Kier molecular flexibility index (Phi) is 7.79. The maximum atomic E-state index is 12.9. The summed E-state index contributed by atoms with van der Waals surface area (Å²) in [7, 11) is 3.43. The number of hydrogen-bond donors (Lipinski definition) is 4. The van der Waals surface area contributed by atoms with E-state index >= 15 is 0 Å². The molecule has 0 amide bonds. The summed E-state index contributed by atoms with van der Waals surface area (Å²) in [5.74, 6) is 3.95. The molecular formula is C34H48O8. The number of Topliss-reactive ketones (excluding diaryl/α,β-unsaturated/α-hetero) is 1. The Balaban J connectivity index is 1.37. The van der Waals surface area contributed by atoms with Crippen molar-refractivity contribution in [3.05, 3.63) is 34.9 Å². The first-order valence-electron chi connectivity index (χ1n) is 15.7. The lowest BCUT2D eigenvalue weighted by molar-refractivity contribution is -0.221. The van der Waals surface area contributed by atoms with Gasteiger partial charge in [-0.2, -0.15) is 0 Å². The predicted molar refractivity (Wildman–Crippen MR) is 156 cm³/mol. The number of benzene rings is 1. The lowest BCUT2D eigenvalue weighted by Crippen LogP contribution is -2.60. The molecule has 1 aliphatic heterocycles. The number of carbonyl (C=O) groups excluding carboxylic acids is 1. The third-order valence-corrected chi connectivity index (χ3v) is 12.7. The van der Waals surface area contributed by atoms with E-state index in [2.05, 4.69) is 26.8 Å². The number of carbonyl (C=O) groups is 1. The monoisotopic (exact) mass is 584 g/mol. The first-order valence-corrected chi connectivity index (χ1v) is 15.7. The SMILES string of the molecule is COc1ccc(OC)c(C2CC3CC4CC(C5O[C@H](CO)[C@@H](O)[C@H](O)[C@@H]5O)=C5CC(=O)CCC5(C)C4CC3(C)C2C)c1. The van der Waals surface area contributed by atoms with Crippen LogP contribution in [0, 0.1) is 34.5 Å². The maximum Gasteiger partial charge on any atom is 0.136 e. The number of allylic oxidation sites excluding steroid dienone is 1. The van der Waals surface area contributed by atoms with E-state index in [4.69, 9.17) is 14.2 Å². The minimum Gasteiger partial charge on any atom is -0.497 e. The van der Waals surface area contributed by atoms with Crippen molar-refractivity contribution in [2.75, 3.05) is 20.8 Å². The van der Waals surface area contributed by atoms with Crippen molar-refractivity contribution < 1.29 is 39.4 Å². The average molecular weight is 585 g/mol. The molecule has 4 N–H and O–H groups in total. The van der Waals surface area contributed by atoms with Gasteiger partial charge in [0.25, 0.3) is 0 Å².